The van der Waals surface area contributed by atoms with Crippen LogP contribution in [-0.4, -0.2) is 61.1 Å². The number of rotatable bonds is 12. The molecule has 1 aliphatic rings. The molecule has 0 saturated heterocycles. The number of aliphatic carboxylic acids is 1. The summed E-state index contributed by atoms with van der Waals surface area (Å²) in [7, 11) is 1.38. The van der Waals surface area contributed by atoms with Crippen LogP contribution in [-0.2, 0) is 30.4 Å². The van der Waals surface area contributed by atoms with Gasteiger partial charge < -0.3 is 30.0 Å². The highest BCUT2D eigenvalue weighted by atomic mass is 16.5. The lowest BCUT2D eigenvalue weighted by Crippen LogP contribution is -2.63. The maximum Gasteiger partial charge on any atom is 0.408 e. The number of amides is 2. The molecule has 9 nitrogen and oxygen atoms in total. The Labute approximate surface area is 233 Å². The van der Waals surface area contributed by atoms with E-state index in [1.807, 2.05) is 78.9 Å². The zero-order valence-corrected chi connectivity index (χ0v) is 22.8. The zero-order chi connectivity index (χ0) is 28.7. The van der Waals surface area contributed by atoms with Crippen molar-refractivity contribution in [3.05, 3.63) is 95.6 Å². The van der Waals surface area contributed by atoms with Gasteiger partial charge in [0.15, 0.2) is 6.04 Å². The molecule has 3 aromatic rings. The number of carbonyl (C=O) groups is 3. The number of alkyl carbamates (subject to hydrolysis) is 1. The highest BCUT2D eigenvalue weighted by molar-refractivity contribution is 5.92. The van der Waals surface area contributed by atoms with Gasteiger partial charge in [-0.1, -0.05) is 78.9 Å². The minimum Gasteiger partial charge on any atom is -0.480 e. The van der Waals surface area contributed by atoms with Crippen molar-refractivity contribution >= 4 is 18.0 Å². The maximum atomic E-state index is 13.3. The van der Waals surface area contributed by atoms with Crippen LogP contribution in [0.4, 0.5) is 4.79 Å². The molecule has 0 radical (unpaired) electrons. The molecule has 3 N–H and O–H groups in total. The van der Waals surface area contributed by atoms with Gasteiger partial charge in [0, 0.05) is 13.0 Å². The first-order valence-electron chi connectivity index (χ1n) is 13.0. The van der Waals surface area contributed by atoms with Crippen molar-refractivity contribution < 1.29 is 33.7 Å². The van der Waals surface area contributed by atoms with Crippen LogP contribution in [0.25, 0.3) is 11.1 Å². The van der Waals surface area contributed by atoms with Gasteiger partial charge in [0.2, 0.25) is 5.91 Å². The third-order valence-electron chi connectivity index (χ3n) is 7.03. The van der Waals surface area contributed by atoms with Gasteiger partial charge in [-0.05, 0) is 41.7 Å². The van der Waals surface area contributed by atoms with Crippen molar-refractivity contribution in [2.24, 2.45) is 0 Å². The summed E-state index contributed by atoms with van der Waals surface area (Å²) >= 11 is 0. The molecule has 2 amide bonds. The number of carbonyl (C=O) groups excluding carboxylic acids is 2. The van der Waals surface area contributed by atoms with E-state index in [4.69, 9.17) is 14.2 Å². The van der Waals surface area contributed by atoms with E-state index >= 15 is 0 Å². The lowest BCUT2D eigenvalue weighted by atomic mass is 9.98. The molecule has 9 heteroatoms. The Morgan fingerprint density at radius 3 is 2.08 bits per heavy atom. The summed E-state index contributed by atoms with van der Waals surface area (Å²) in [5.74, 6) is -2.17. The number of carboxylic acid groups (broad SMARTS) is 1. The van der Waals surface area contributed by atoms with E-state index in [1.165, 1.54) is 14.0 Å². The summed E-state index contributed by atoms with van der Waals surface area (Å²) in [6.07, 6.45) is -1.68. The van der Waals surface area contributed by atoms with Crippen molar-refractivity contribution in [2.45, 2.75) is 44.1 Å². The Kier molecular flexibility index (Phi) is 9.19. The van der Waals surface area contributed by atoms with Crippen LogP contribution >= 0.6 is 0 Å². The largest absolute Gasteiger partial charge is 0.480 e. The molecule has 0 bridgehead atoms. The molecule has 0 spiro atoms. The number of benzene rings is 3. The quantitative estimate of drug-likeness (QED) is 0.313. The van der Waals surface area contributed by atoms with Crippen LogP contribution in [0, 0.1) is 0 Å². The number of fused-ring (bicyclic) bond motifs is 3. The Balaban J connectivity index is 1.40. The number of nitrogens with one attached hydrogen (secondary N) is 2. The standard InChI is InChI=1S/C31H34N2O7/c1-20(39-17-21-11-5-4-6-12-21)27(28(34)35)32-29(36)31(2,19-38-3)33-30(37)40-18-26-24-15-9-7-13-22(24)23-14-8-10-16-25(23)26/h4-16,20,26-27H,17-19H2,1-3H3,(H,32,36)(H,33,37)(H,34,35)/t20-,27+,31?/m1/s1. The van der Waals surface area contributed by atoms with Gasteiger partial charge in [-0.15, -0.1) is 0 Å². The monoisotopic (exact) mass is 546 g/mol. The third kappa shape index (κ3) is 6.50. The number of methoxy groups -OCH3 is 1. The van der Waals surface area contributed by atoms with Crippen LogP contribution in [0.2, 0.25) is 0 Å². The fourth-order valence-corrected chi connectivity index (χ4v) is 4.89. The summed E-state index contributed by atoms with van der Waals surface area (Å²) < 4.78 is 16.5. The first-order chi connectivity index (χ1) is 19.2. The average molecular weight is 547 g/mol. The second-order valence-corrected chi connectivity index (χ2v) is 10.0. The van der Waals surface area contributed by atoms with Gasteiger partial charge in [-0.2, -0.15) is 0 Å². The number of hydrogen-bond donors (Lipinski definition) is 3. The zero-order valence-electron chi connectivity index (χ0n) is 22.8. The predicted octanol–water partition coefficient (Wildman–Crippen LogP) is 4.10. The molecule has 0 saturated carbocycles. The average Bonchev–Trinajstić information content (AvgIpc) is 3.27. The van der Waals surface area contributed by atoms with Gasteiger partial charge in [0.1, 0.15) is 12.1 Å². The molecule has 0 heterocycles. The maximum absolute atomic E-state index is 13.3. The number of hydrogen-bond acceptors (Lipinski definition) is 6. The van der Waals surface area contributed by atoms with Gasteiger partial charge in [0.25, 0.3) is 0 Å². The SMILES string of the molecule is COCC(C)(NC(=O)OCC1c2ccccc2-c2ccccc21)C(=O)N[C@H](C(=O)O)[C@@H](C)OCc1ccccc1. The number of ether oxygens (including phenoxy) is 3. The van der Waals surface area contributed by atoms with E-state index in [9.17, 15) is 19.5 Å². The minimum absolute atomic E-state index is 0.0622. The van der Waals surface area contributed by atoms with Crippen molar-refractivity contribution in [3.8, 4) is 11.1 Å². The fourth-order valence-electron chi connectivity index (χ4n) is 4.89. The predicted molar refractivity (Wildman–Crippen MR) is 149 cm³/mol. The second kappa shape index (κ2) is 12.8. The molecule has 4 rings (SSSR count). The topological polar surface area (TPSA) is 123 Å². The molecule has 3 aromatic carbocycles. The highest BCUT2D eigenvalue weighted by Gasteiger charge is 2.40. The molecule has 1 aliphatic carbocycles. The Morgan fingerprint density at radius 2 is 1.50 bits per heavy atom. The lowest BCUT2D eigenvalue weighted by Gasteiger charge is -2.31. The first-order valence-corrected chi connectivity index (χ1v) is 13.0. The lowest BCUT2D eigenvalue weighted by molar-refractivity contribution is -0.148. The Morgan fingerprint density at radius 1 is 0.925 bits per heavy atom. The molecule has 1 unspecified atom stereocenters. The number of carboxylic acids is 1. The van der Waals surface area contributed by atoms with E-state index in [0.717, 1.165) is 27.8 Å². The molecule has 40 heavy (non-hydrogen) atoms. The van der Waals surface area contributed by atoms with E-state index in [2.05, 4.69) is 10.6 Å². The molecule has 0 aromatic heterocycles. The summed E-state index contributed by atoms with van der Waals surface area (Å²) in [6.45, 7) is 3.03. The van der Waals surface area contributed by atoms with Crippen LogP contribution in [0.3, 0.4) is 0 Å². The van der Waals surface area contributed by atoms with Crippen LogP contribution in [0.15, 0.2) is 78.9 Å². The fraction of sp³-hybridized carbons (Fsp3) is 0.323. The summed E-state index contributed by atoms with van der Waals surface area (Å²) in [5.41, 5.74) is 3.57. The van der Waals surface area contributed by atoms with Crippen LogP contribution in [0.1, 0.15) is 36.5 Å². The van der Waals surface area contributed by atoms with Crippen molar-refractivity contribution in [1.29, 1.82) is 0 Å². The Hall–Kier alpha value is -4.21. The van der Waals surface area contributed by atoms with E-state index in [-0.39, 0.29) is 25.7 Å². The van der Waals surface area contributed by atoms with Crippen molar-refractivity contribution in [1.82, 2.24) is 10.6 Å². The van der Waals surface area contributed by atoms with Crippen LogP contribution in [0.5, 0.6) is 0 Å². The van der Waals surface area contributed by atoms with Crippen LogP contribution < -0.4 is 10.6 Å². The normalized spacial score (nSPS) is 15.2. The van der Waals surface area contributed by atoms with E-state index in [0.29, 0.717) is 0 Å². The smallest absolute Gasteiger partial charge is 0.408 e. The highest BCUT2D eigenvalue weighted by Crippen LogP contribution is 2.44. The molecule has 0 fully saturated rings. The Bertz CT molecular complexity index is 1300. The summed E-state index contributed by atoms with van der Waals surface area (Å²) in [6, 6.07) is 23.9. The molecule has 210 valence electrons. The summed E-state index contributed by atoms with van der Waals surface area (Å²) in [5, 5.41) is 14.9. The third-order valence-corrected chi connectivity index (χ3v) is 7.03. The van der Waals surface area contributed by atoms with Gasteiger partial charge in [-0.25, -0.2) is 9.59 Å². The van der Waals surface area contributed by atoms with E-state index < -0.39 is 35.7 Å². The molecule has 0 aliphatic heterocycles. The van der Waals surface area contributed by atoms with Gasteiger partial charge in [0.05, 0.1) is 19.3 Å². The van der Waals surface area contributed by atoms with Crippen molar-refractivity contribution in [2.75, 3.05) is 20.3 Å². The van der Waals surface area contributed by atoms with Crippen molar-refractivity contribution in [3.63, 3.8) is 0 Å². The molecule has 3 atom stereocenters. The first kappa shape index (κ1) is 28.8. The molecular formula is C31H34N2O7. The minimum atomic E-state index is -1.61. The van der Waals surface area contributed by atoms with Gasteiger partial charge >= 0.3 is 12.1 Å². The second-order valence-electron chi connectivity index (χ2n) is 10.0. The van der Waals surface area contributed by atoms with Gasteiger partial charge in [-0.3, -0.25) is 4.79 Å². The molecular weight excluding hydrogens is 512 g/mol. The van der Waals surface area contributed by atoms with E-state index in [1.54, 1.807) is 6.92 Å². The summed E-state index contributed by atoms with van der Waals surface area (Å²) in [4.78, 5) is 38.2.